The van der Waals surface area contributed by atoms with E-state index >= 15 is 0 Å². The van der Waals surface area contributed by atoms with E-state index in [4.69, 9.17) is 16.3 Å². The molecule has 0 aromatic heterocycles. The van der Waals surface area contributed by atoms with Gasteiger partial charge >= 0.3 is 5.97 Å². The van der Waals surface area contributed by atoms with E-state index in [-0.39, 0.29) is 12.5 Å². The number of nitrogens with one attached hydrogen (secondary N) is 1. The van der Waals surface area contributed by atoms with E-state index in [0.29, 0.717) is 11.6 Å². The Balaban J connectivity index is 1.62. The van der Waals surface area contributed by atoms with Crippen LogP contribution in [0.4, 0.5) is 5.69 Å². The number of rotatable bonds is 7. The lowest BCUT2D eigenvalue weighted by molar-refractivity contribution is -0.141. The van der Waals surface area contributed by atoms with Crippen LogP contribution in [0.2, 0.25) is 5.02 Å². The van der Waals surface area contributed by atoms with Crippen LogP contribution in [0.5, 0.6) is 0 Å². The van der Waals surface area contributed by atoms with Crippen molar-refractivity contribution in [2.45, 2.75) is 12.8 Å². The Morgan fingerprint density at radius 1 is 1.10 bits per heavy atom. The number of anilines is 1. The molecule has 0 amide bonds. The van der Waals surface area contributed by atoms with Crippen molar-refractivity contribution in [3.63, 3.8) is 0 Å². The van der Waals surface area contributed by atoms with Gasteiger partial charge in [-0.3, -0.25) is 4.79 Å². The molecule has 0 aliphatic rings. The molecule has 110 valence electrons. The molecular formula is C17H18ClNO2. The third kappa shape index (κ3) is 5.88. The van der Waals surface area contributed by atoms with Crippen molar-refractivity contribution >= 4 is 23.3 Å². The third-order valence-corrected chi connectivity index (χ3v) is 3.21. The summed E-state index contributed by atoms with van der Waals surface area (Å²) in [6.07, 6.45) is 1.74. The number of benzene rings is 2. The maximum absolute atomic E-state index is 11.6. The van der Waals surface area contributed by atoms with Crippen molar-refractivity contribution in [3.05, 3.63) is 65.2 Å². The SMILES string of the molecule is O=C(CNc1cccc(Cl)c1)OCCCc1ccccc1. The van der Waals surface area contributed by atoms with Crippen molar-refractivity contribution in [3.8, 4) is 0 Å². The summed E-state index contributed by atoms with van der Waals surface area (Å²) in [6.45, 7) is 0.580. The van der Waals surface area contributed by atoms with Gasteiger partial charge in [0.1, 0.15) is 6.54 Å². The summed E-state index contributed by atoms with van der Waals surface area (Å²) >= 11 is 5.86. The zero-order valence-electron chi connectivity index (χ0n) is 11.7. The van der Waals surface area contributed by atoms with Gasteiger partial charge in [0.05, 0.1) is 6.61 Å². The number of ether oxygens (including phenoxy) is 1. The molecule has 0 fully saturated rings. The van der Waals surface area contributed by atoms with E-state index in [1.54, 1.807) is 12.1 Å². The van der Waals surface area contributed by atoms with Gasteiger partial charge in [-0.25, -0.2) is 0 Å². The van der Waals surface area contributed by atoms with E-state index in [2.05, 4.69) is 17.4 Å². The number of hydrogen-bond acceptors (Lipinski definition) is 3. The van der Waals surface area contributed by atoms with Crippen LogP contribution >= 0.6 is 11.6 Å². The first kappa shape index (κ1) is 15.4. The van der Waals surface area contributed by atoms with Gasteiger partial charge in [-0.2, -0.15) is 0 Å². The largest absolute Gasteiger partial charge is 0.464 e. The van der Waals surface area contributed by atoms with Gasteiger partial charge in [0.25, 0.3) is 0 Å². The predicted molar refractivity (Wildman–Crippen MR) is 85.7 cm³/mol. The van der Waals surface area contributed by atoms with E-state index in [0.717, 1.165) is 18.5 Å². The van der Waals surface area contributed by atoms with Crippen molar-refractivity contribution in [2.24, 2.45) is 0 Å². The molecule has 2 aromatic rings. The van der Waals surface area contributed by atoms with Crippen LogP contribution in [-0.4, -0.2) is 19.1 Å². The maximum atomic E-state index is 11.6. The molecule has 0 bridgehead atoms. The Morgan fingerprint density at radius 3 is 2.67 bits per heavy atom. The van der Waals surface area contributed by atoms with Crippen LogP contribution in [-0.2, 0) is 16.0 Å². The Labute approximate surface area is 129 Å². The van der Waals surface area contributed by atoms with Crippen LogP contribution in [0.15, 0.2) is 54.6 Å². The minimum absolute atomic E-state index is 0.145. The van der Waals surface area contributed by atoms with Crippen LogP contribution in [0.1, 0.15) is 12.0 Å². The summed E-state index contributed by atoms with van der Waals surface area (Å²) < 4.78 is 5.18. The molecule has 21 heavy (non-hydrogen) atoms. The van der Waals surface area contributed by atoms with Gasteiger partial charge in [0.2, 0.25) is 0 Å². The fourth-order valence-electron chi connectivity index (χ4n) is 1.93. The molecule has 0 atom stereocenters. The Hall–Kier alpha value is -2.00. The highest BCUT2D eigenvalue weighted by Crippen LogP contribution is 2.14. The van der Waals surface area contributed by atoms with Crippen molar-refractivity contribution in [1.29, 1.82) is 0 Å². The van der Waals surface area contributed by atoms with E-state index in [1.807, 2.05) is 30.3 Å². The van der Waals surface area contributed by atoms with Crippen LogP contribution in [0.25, 0.3) is 0 Å². The van der Waals surface area contributed by atoms with Gasteiger partial charge in [-0.05, 0) is 36.6 Å². The van der Waals surface area contributed by atoms with E-state index in [1.165, 1.54) is 5.56 Å². The Bertz CT molecular complexity index is 572. The highest BCUT2D eigenvalue weighted by Gasteiger charge is 2.03. The fraction of sp³-hybridized carbons (Fsp3) is 0.235. The summed E-state index contributed by atoms with van der Waals surface area (Å²) in [5, 5.41) is 3.62. The second-order valence-corrected chi connectivity index (χ2v) is 5.11. The lowest BCUT2D eigenvalue weighted by Crippen LogP contribution is -2.17. The first-order valence-electron chi connectivity index (χ1n) is 6.93. The molecule has 0 saturated carbocycles. The van der Waals surface area contributed by atoms with E-state index < -0.39 is 0 Å². The zero-order valence-corrected chi connectivity index (χ0v) is 12.5. The van der Waals surface area contributed by atoms with Gasteiger partial charge in [-0.1, -0.05) is 48.0 Å². The summed E-state index contributed by atoms with van der Waals surface area (Å²) in [4.78, 5) is 11.6. The smallest absolute Gasteiger partial charge is 0.325 e. The number of esters is 1. The normalized spacial score (nSPS) is 10.1. The Morgan fingerprint density at radius 2 is 1.90 bits per heavy atom. The molecule has 0 saturated heterocycles. The highest BCUT2D eigenvalue weighted by atomic mass is 35.5. The summed E-state index contributed by atoms with van der Waals surface area (Å²) in [6, 6.07) is 17.4. The number of carbonyl (C=O) groups excluding carboxylic acids is 1. The molecule has 2 aromatic carbocycles. The number of halogens is 1. The van der Waals surface area contributed by atoms with Crippen LogP contribution in [0.3, 0.4) is 0 Å². The molecule has 2 rings (SSSR count). The summed E-state index contributed by atoms with van der Waals surface area (Å²) in [5.74, 6) is -0.261. The average Bonchev–Trinajstić information content (AvgIpc) is 2.51. The molecule has 1 N–H and O–H groups in total. The third-order valence-electron chi connectivity index (χ3n) is 2.98. The minimum Gasteiger partial charge on any atom is -0.464 e. The quantitative estimate of drug-likeness (QED) is 0.622. The van der Waals surface area contributed by atoms with Crippen LogP contribution in [0, 0.1) is 0 Å². The molecule has 0 radical (unpaired) electrons. The van der Waals surface area contributed by atoms with Crippen LogP contribution < -0.4 is 5.32 Å². The Kier molecular flexibility index (Phi) is 6.10. The van der Waals surface area contributed by atoms with E-state index in [9.17, 15) is 4.79 Å². The average molecular weight is 304 g/mol. The number of carbonyl (C=O) groups is 1. The van der Waals surface area contributed by atoms with Crippen molar-refractivity contribution in [1.82, 2.24) is 0 Å². The van der Waals surface area contributed by atoms with Crippen molar-refractivity contribution < 1.29 is 9.53 Å². The fourth-order valence-corrected chi connectivity index (χ4v) is 2.12. The highest BCUT2D eigenvalue weighted by molar-refractivity contribution is 6.30. The van der Waals surface area contributed by atoms with Gasteiger partial charge in [0, 0.05) is 10.7 Å². The molecule has 3 nitrogen and oxygen atoms in total. The molecule has 4 heteroatoms. The maximum Gasteiger partial charge on any atom is 0.325 e. The number of aryl methyl sites for hydroxylation is 1. The monoisotopic (exact) mass is 303 g/mol. The molecule has 0 heterocycles. The predicted octanol–water partition coefficient (Wildman–Crippen LogP) is 3.93. The lowest BCUT2D eigenvalue weighted by atomic mass is 10.1. The number of hydrogen-bond donors (Lipinski definition) is 1. The standard InChI is InChI=1S/C17H18ClNO2/c18-15-9-4-10-16(12-15)19-13-17(20)21-11-5-8-14-6-2-1-3-7-14/h1-4,6-7,9-10,12,19H,5,8,11,13H2. The van der Waals surface area contributed by atoms with Gasteiger partial charge in [-0.15, -0.1) is 0 Å². The first-order chi connectivity index (χ1) is 10.2. The second kappa shape index (κ2) is 8.32. The summed E-state index contributed by atoms with van der Waals surface area (Å²) in [7, 11) is 0. The second-order valence-electron chi connectivity index (χ2n) is 4.67. The molecule has 0 spiro atoms. The lowest BCUT2D eigenvalue weighted by Gasteiger charge is -2.07. The van der Waals surface area contributed by atoms with Gasteiger partial charge in [0.15, 0.2) is 0 Å². The summed E-state index contributed by atoms with van der Waals surface area (Å²) in [5.41, 5.74) is 2.06. The zero-order chi connectivity index (χ0) is 14.9. The minimum atomic E-state index is -0.261. The van der Waals surface area contributed by atoms with Crippen molar-refractivity contribution in [2.75, 3.05) is 18.5 Å². The molecule has 0 aliphatic carbocycles. The topological polar surface area (TPSA) is 38.3 Å². The van der Waals surface area contributed by atoms with Gasteiger partial charge < -0.3 is 10.1 Å². The molecule has 0 unspecified atom stereocenters. The first-order valence-corrected chi connectivity index (χ1v) is 7.31. The molecule has 0 aliphatic heterocycles. The molecular weight excluding hydrogens is 286 g/mol.